The van der Waals surface area contributed by atoms with Gasteiger partial charge in [-0.15, -0.1) is 0 Å². The minimum atomic E-state index is -5.87. The number of hydrogen-bond acceptors (Lipinski definition) is 5. The first-order valence-electron chi connectivity index (χ1n) is 8.18. The summed E-state index contributed by atoms with van der Waals surface area (Å²) < 4.78 is 64.8. The maximum absolute atomic E-state index is 12.6. The van der Waals surface area contributed by atoms with Gasteiger partial charge in [0.15, 0.2) is 11.5 Å². The minimum Gasteiger partial charge on any atom is -0.504 e. The maximum Gasteiger partial charge on any atom is 0.534 e. The highest BCUT2D eigenvalue weighted by Crippen LogP contribution is 2.40. The van der Waals surface area contributed by atoms with Gasteiger partial charge in [0, 0.05) is 19.0 Å². The van der Waals surface area contributed by atoms with Gasteiger partial charge in [-0.25, -0.2) is 0 Å². The van der Waals surface area contributed by atoms with Crippen LogP contribution in [-0.4, -0.2) is 44.1 Å². The Balaban J connectivity index is 2.09. The molecule has 5 nitrogen and oxygen atoms in total. The highest BCUT2D eigenvalue weighted by atomic mass is 32.2. The number of rotatable bonds is 3. The van der Waals surface area contributed by atoms with Crippen molar-refractivity contribution in [1.82, 2.24) is 4.90 Å². The Labute approximate surface area is 155 Å². The second-order valence-corrected chi connectivity index (χ2v) is 8.02. The lowest BCUT2D eigenvalue weighted by Crippen LogP contribution is -2.28. The van der Waals surface area contributed by atoms with E-state index in [2.05, 4.69) is 9.08 Å². The second kappa shape index (κ2) is 7.05. The summed E-state index contributed by atoms with van der Waals surface area (Å²) >= 11 is 0. The number of alkyl halides is 3. The van der Waals surface area contributed by atoms with E-state index in [4.69, 9.17) is 0 Å². The first-order chi connectivity index (χ1) is 12.6. The Hall–Kier alpha value is -2.26. The molecule has 0 spiro atoms. The zero-order chi connectivity index (χ0) is 19.8. The van der Waals surface area contributed by atoms with Gasteiger partial charge in [0.2, 0.25) is 0 Å². The van der Waals surface area contributed by atoms with Crippen LogP contribution in [0.25, 0.3) is 0 Å². The molecular weight excluding hydrogens is 383 g/mol. The van der Waals surface area contributed by atoms with Crippen molar-refractivity contribution in [3.8, 4) is 11.5 Å². The average molecular weight is 401 g/mol. The Morgan fingerprint density at radius 2 is 1.85 bits per heavy atom. The fourth-order valence-corrected chi connectivity index (χ4v) is 3.65. The number of fused-ring (bicyclic) bond motifs is 1. The van der Waals surface area contributed by atoms with Gasteiger partial charge in [0.25, 0.3) is 0 Å². The van der Waals surface area contributed by atoms with Gasteiger partial charge in [-0.05, 0) is 42.3 Å². The van der Waals surface area contributed by atoms with Crippen LogP contribution in [0.15, 0.2) is 42.5 Å². The molecule has 1 atom stereocenters. The summed E-state index contributed by atoms with van der Waals surface area (Å²) in [6, 6.07) is 11.8. The van der Waals surface area contributed by atoms with E-state index < -0.39 is 27.1 Å². The minimum absolute atomic E-state index is 0.203. The van der Waals surface area contributed by atoms with Crippen LogP contribution in [0.3, 0.4) is 0 Å². The summed E-state index contributed by atoms with van der Waals surface area (Å²) in [5.74, 6) is -1.57. The number of halogens is 3. The summed E-state index contributed by atoms with van der Waals surface area (Å²) in [5.41, 5.74) is -3.27. The molecule has 27 heavy (non-hydrogen) atoms. The molecule has 0 amide bonds. The van der Waals surface area contributed by atoms with Crippen LogP contribution in [0.4, 0.5) is 13.2 Å². The van der Waals surface area contributed by atoms with E-state index in [1.807, 2.05) is 37.4 Å². The van der Waals surface area contributed by atoms with E-state index in [0.29, 0.717) is 25.1 Å². The summed E-state index contributed by atoms with van der Waals surface area (Å²) in [6.45, 7) is 1.28. The van der Waals surface area contributed by atoms with E-state index >= 15 is 0 Å². The molecule has 2 aromatic carbocycles. The lowest BCUT2D eigenvalue weighted by Gasteiger charge is -2.22. The number of phenols is 1. The normalized spacial score (nSPS) is 18.6. The monoisotopic (exact) mass is 401 g/mol. The number of nitrogens with zero attached hydrogens (tertiary/aromatic N) is 1. The van der Waals surface area contributed by atoms with Crippen molar-refractivity contribution in [2.75, 3.05) is 20.1 Å². The fourth-order valence-electron chi connectivity index (χ4n) is 3.18. The number of benzene rings is 2. The molecule has 1 N–H and O–H groups in total. The molecule has 0 aliphatic carbocycles. The van der Waals surface area contributed by atoms with Crippen LogP contribution in [0.2, 0.25) is 0 Å². The van der Waals surface area contributed by atoms with E-state index in [-0.39, 0.29) is 5.92 Å². The van der Waals surface area contributed by atoms with Gasteiger partial charge < -0.3 is 14.2 Å². The van der Waals surface area contributed by atoms with Crippen LogP contribution in [0.5, 0.6) is 11.5 Å². The molecule has 0 saturated heterocycles. The Morgan fingerprint density at radius 3 is 2.48 bits per heavy atom. The first kappa shape index (κ1) is 19.5. The second-order valence-electron chi connectivity index (χ2n) is 6.48. The van der Waals surface area contributed by atoms with Crippen molar-refractivity contribution in [3.63, 3.8) is 0 Å². The molecule has 2 aromatic rings. The Bertz CT molecular complexity index is 930. The third-order valence-corrected chi connectivity index (χ3v) is 5.50. The molecule has 1 aliphatic heterocycles. The molecule has 3 rings (SSSR count). The van der Waals surface area contributed by atoms with Crippen LogP contribution < -0.4 is 4.18 Å². The zero-order valence-electron chi connectivity index (χ0n) is 14.4. The average Bonchev–Trinajstić information content (AvgIpc) is 2.74. The first-order valence-corrected chi connectivity index (χ1v) is 9.59. The largest absolute Gasteiger partial charge is 0.534 e. The molecule has 0 fully saturated rings. The summed E-state index contributed by atoms with van der Waals surface area (Å²) in [5, 5.41) is 10.0. The van der Waals surface area contributed by atoms with Crippen molar-refractivity contribution >= 4 is 10.1 Å². The van der Waals surface area contributed by atoms with Gasteiger partial charge in [-0.3, -0.25) is 0 Å². The summed E-state index contributed by atoms with van der Waals surface area (Å²) in [4.78, 5) is 2.07. The molecule has 1 aliphatic rings. The standard InChI is InChI=1S/C18H18F3NO4S/c1-22-8-7-13-9-16(23)17(26-27(24,25)18(19,20)21)10-14(13)15(11-22)12-5-3-2-4-6-12/h2-6,9-10,15,23H,7-8,11H2,1H3. The zero-order valence-corrected chi connectivity index (χ0v) is 15.2. The fraction of sp³-hybridized carbons (Fsp3) is 0.333. The quantitative estimate of drug-likeness (QED) is 0.632. The van der Waals surface area contributed by atoms with Gasteiger partial charge in [0.1, 0.15) is 0 Å². The predicted octanol–water partition coefficient (Wildman–Crippen LogP) is 3.24. The molecule has 9 heteroatoms. The number of aromatic hydroxyl groups is 1. The smallest absolute Gasteiger partial charge is 0.504 e. The number of likely N-dealkylation sites (N-methyl/N-ethyl adjacent to an activating group) is 1. The van der Waals surface area contributed by atoms with Gasteiger partial charge in [-0.1, -0.05) is 30.3 Å². The lowest BCUT2D eigenvalue weighted by atomic mass is 9.87. The van der Waals surface area contributed by atoms with Crippen molar-refractivity contribution in [1.29, 1.82) is 0 Å². The molecule has 0 aromatic heterocycles. The summed E-state index contributed by atoms with van der Waals surface area (Å²) in [6.07, 6.45) is 0.565. The predicted molar refractivity (Wildman–Crippen MR) is 93.2 cm³/mol. The lowest BCUT2D eigenvalue weighted by molar-refractivity contribution is -0.0500. The van der Waals surface area contributed by atoms with E-state index in [9.17, 15) is 26.7 Å². The maximum atomic E-state index is 12.6. The van der Waals surface area contributed by atoms with Crippen LogP contribution in [0.1, 0.15) is 22.6 Å². The summed E-state index contributed by atoms with van der Waals surface area (Å²) in [7, 11) is -3.95. The van der Waals surface area contributed by atoms with Crippen LogP contribution in [-0.2, 0) is 16.5 Å². The Kier molecular flexibility index (Phi) is 5.09. The molecule has 0 saturated carbocycles. The topological polar surface area (TPSA) is 66.8 Å². The van der Waals surface area contributed by atoms with Gasteiger partial charge in [0.05, 0.1) is 0 Å². The van der Waals surface area contributed by atoms with Crippen molar-refractivity contribution in [3.05, 3.63) is 59.2 Å². The highest BCUT2D eigenvalue weighted by molar-refractivity contribution is 7.88. The SMILES string of the molecule is CN1CCc2cc(O)c(OS(=O)(=O)C(F)(F)F)cc2C(c2ccccc2)C1. The van der Waals surface area contributed by atoms with Gasteiger partial charge >= 0.3 is 15.6 Å². The van der Waals surface area contributed by atoms with Crippen molar-refractivity contribution in [2.45, 2.75) is 17.8 Å². The molecule has 1 heterocycles. The molecular formula is C18H18F3NO4S. The van der Waals surface area contributed by atoms with E-state index in [1.54, 1.807) is 0 Å². The third-order valence-electron chi connectivity index (χ3n) is 4.54. The highest BCUT2D eigenvalue weighted by Gasteiger charge is 2.49. The number of hydrogen-bond donors (Lipinski definition) is 1. The molecule has 1 unspecified atom stereocenters. The molecule has 0 bridgehead atoms. The molecule has 0 radical (unpaired) electrons. The van der Waals surface area contributed by atoms with Crippen LogP contribution >= 0.6 is 0 Å². The van der Waals surface area contributed by atoms with E-state index in [0.717, 1.165) is 11.1 Å². The van der Waals surface area contributed by atoms with Crippen molar-refractivity contribution in [2.24, 2.45) is 0 Å². The molecule has 146 valence electrons. The third kappa shape index (κ3) is 4.03. The Morgan fingerprint density at radius 1 is 1.19 bits per heavy atom. The number of phenolic OH excluding ortho intramolecular Hbond substituents is 1. The van der Waals surface area contributed by atoms with Gasteiger partial charge in [-0.2, -0.15) is 21.6 Å². The van der Waals surface area contributed by atoms with E-state index in [1.165, 1.54) is 12.1 Å². The van der Waals surface area contributed by atoms with Crippen LogP contribution in [0, 0.1) is 0 Å². The van der Waals surface area contributed by atoms with Crippen molar-refractivity contribution < 1.29 is 30.9 Å².